The Kier molecular flexibility index (Phi) is 3.65. The summed E-state index contributed by atoms with van der Waals surface area (Å²) < 4.78 is 0. The van der Waals surface area contributed by atoms with Gasteiger partial charge in [-0.05, 0) is 32.8 Å². The van der Waals surface area contributed by atoms with Gasteiger partial charge in [-0.3, -0.25) is 0 Å². The normalized spacial score (nSPS) is 11.1. The monoisotopic (exact) mass is 345 g/mol. The van der Waals surface area contributed by atoms with E-state index in [0.29, 0.717) is 0 Å². The van der Waals surface area contributed by atoms with E-state index < -0.39 is 0 Å². The number of nitrogen functional groups attached to an aromatic ring is 1. The SMILES string of the molecule is Nc1c(-c2ccc(-c3cccc4ccccc34)cc2)ccc2ccccc12. The molecule has 0 unspecified atom stereocenters. The molecule has 1 heteroatoms. The first-order chi connectivity index (χ1) is 13.3. The van der Waals surface area contributed by atoms with Crippen molar-refractivity contribution in [2.24, 2.45) is 0 Å². The van der Waals surface area contributed by atoms with Gasteiger partial charge in [0.2, 0.25) is 0 Å². The van der Waals surface area contributed by atoms with Gasteiger partial charge >= 0.3 is 0 Å². The highest BCUT2D eigenvalue weighted by atomic mass is 14.6. The Morgan fingerprint density at radius 3 is 1.70 bits per heavy atom. The van der Waals surface area contributed by atoms with Gasteiger partial charge in [-0.15, -0.1) is 0 Å². The van der Waals surface area contributed by atoms with E-state index in [0.717, 1.165) is 22.2 Å². The fourth-order valence-electron chi connectivity index (χ4n) is 3.85. The number of benzene rings is 5. The fourth-order valence-corrected chi connectivity index (χ4v) is 3.85. The Balaban J connectivity index is 1.61. The van der Waals surface area contributed by atoms with Crippen molar-refractivity contribution in [3.05, 3.63) is 103 Å². The number of rotatable bonds is 2. The Morgan fingerprint density at radius 1 is 0.407 bits per heavy atom. The van der Waals surface area contributed by atoms with Crippen LogP contribution in [-0.2, 0) is 0 Å². The Hall–Kier alpha value is -3.58. The van der Waals surface area contributed by atoms with E-state index in [1.807, 2.05) is 12.1 Å². The van der Waals surface area contributed by atoms with Gasteiger partial charge in [0, 0.05) is 16.6 Å². The molecule has 0 amide bonds. The smallest absolute Gasteiger partial charge is 0.0473 e. The predicted octanol–water partition coefficient (Wildman–Crippen LogP) is 6.91. The van der Waals surface area contributed by atoms with Crippen molar-refractivity contribution in [2.75, 3.05) is 5.73 Å². The van der Waals surface area contributed by atoms with E-state index in [2.05, 4.69) is 91.0 Å². The van der Waals surface area contributed by atoms with Gasteiger partial charge in [0.15, 0.2) is 0 Å². The second-order valence-corrected chi connectivity index (χ2v) is 6.85. The maximum absolute atomic E-state index is 6.47. The van der Waals surface area contributed by atoms with Crippen LogP contribution in [0.5, 0.6) is 0 Å². The summed E-state index contributed by atoms with van der Waals surface area (Å²) in [4.78, 5) is 0. The lowest BCUT2D eigenvalue weighted by molar-refractivity contribution is 1.61. The molecule has 128 valence electrons. The van der Waals surface area contributed by atoms with E-state index in [1.165, 1.54) is 27.3 Å². The summed E-state index contributed by atoms with van der Waals surface area (Å²) in [6, 6.07) is 36.2. The van der Waals surface area contributed by atoms with Gasteiger partial charge in [-0.2, -0.15) is 0 Å². The minimum atomic E-state index is 0.839. The van der Waals surface area contributed by atoms with Gasteiger partial charge < -0.3 is 5.73 Å². The third kappa shape index (κ3) is 2.65. The standard InChI is InChI=1S/C26H19N/c27-26-24-10-4-2-7-19(24)16-17-25(26)21-14-12-20(13-15-21)23-11-5-8-18-6-1-3-9-22(18)23/h1-17H,27H2. The Labute approximate surface area is 158 Å². The van der Waals surface area contributed by atoms with Gasteiger partial charge in [-0.1, -0.05) is 103 Å². The van der Waals surface area contributed by atoms with E-state index in [9.17, 15) is 0 Å². The minimum Gasteiger partial charge on any atom is -0.398 e. The highest BCUT2D eigenvalue weighted by molar-refractivity contribution is 6.01. The predicted molar refractivity (Wildman–Crippen MR) is 117 cm³/mol. The molecule has 27 heavy (non-hydrogen) atoms. The summed E-state index contributed by atoms with van der Waals surface area (Å²) in [5.74, 6) is 0. The van der Waals surface area contributed by atoms with Crippen molar-refractivity contribution < 1.29 is 0 Å². The molecule has 5 rings (SSSR count). The Morgan fingerprint density at radius 2 is 0.963 bits per heavy atom. The van der Waals surface area contributed by atoms with Crippen molar-refractivity contribution in [1.29, 1.82) is 0 Å². The number of hydrogen-bond acceptors (Lipinski definition) is 1. The zero-order chi connectivity index (χ0) is 18.2. The van der Waals surface area contributed by atoms with Crippen LogP contribution in [0.2, 0.25) is 0 Å². The third-order valence-electron chi connectivity index (χ3n) is 5.27. The maximum Gasteiger partial charge on any atom is 0.0473 e. The topological polar surface area (TPSA) is 26.0 Å². The zero-order valence-corrected chi connectivity index (χ0v) is 14.9. The maximum atomic E-state index is 6.47. The van der Waals surface area contributed by atoms with Crippen LogP contribution in [0.1, 0.15) is 0 Å². The number of fused-ring (bicyclic) bond motifs is 2. The van der Waals surface area contributed by atoms with Gasteiger partial charge in [0.25, 0.3) is 0 Å². The molecule has 0 saturated carbocycles. The quantitative estimate of drug-likeness (QED) is 0.346. The van der Waals surface area contributed by atoms with Gasteiger partial charge in [0.1, 0.15) is 0 Å². The Bertz CT molecular complexity index is 1260. The van der Waals surface area contributed by atoms with Crippen LogP contribution in [0.4, 0.5) is 5.69 Å². The lowest BCUT2D eigenvalue weighted by atomic mass is 9.94. The molecule has 0 radical (unpaired) electrons. The molecule has 0 aliphatic heterocycles. The number of anilines is 1. The van der Waals surface area contributed by atoms with Crippen LogP contribution in [0.25, 0.3) is 43.8 Å². The first kappa shape index (κ1) is 15.7. The summed E-state index contributed by atoms with van der Waals surface area (Å²) in [6.07, 6.45) is 0. The zero-order valence-electron chi connectivity index (χ0n) is 14.9. The van der Waals surface area contributed by atoms with Crippen molar-refractivity contribution >= 4 is 27.2 Å². The molecular weight excluding hydrogens is 326 g/mol. The first-order valence-corrected chi connectivity index (χ1v) is 9.17. The number of nitrogens with two attached hydrogens (primary N) is 1. The lowest BCUT2D eigenvalue weighted by Gasteiger charge is -2.11. The van der Waals surface area contributed by atoms with Crippen molar-refractivity contribution in [2.45, 2.75) is 0 Å². The fraction of sp³-hybridized carbons (Fsp3) is 0. The molecule has 5 aromatic carbocycles. The van der Waals surface area contributed by atoms with Crippen molar-refractivity contribution in [3.8, 4) is 22.3 Å². The number of hydrogen-bond donors (Lipinski definition) is 1. The minimum absolute atomic E-state index is 0.839. The van der Waals surface area contributed by atoms with Crippen LogP contribution >= 0.6 is 0 Å². The van der Waals surface area contributed by atoms with Gasteiger partial charge in [-0.25, -0.2) is 0 Å². The van der Waals surface area contributed by atoms with E-state index in [-0.39, 0.29) is 0 Å². The molecule has 0 fully saturated rings. The van der Waals surface area contributed by atoms with Crippen molar-refractivity contribution in [1.82, 2.24) is 0 Å². The van der Waals surface area contributed by atoms with E-state index >= 15 is 0 Å². The molecule has 0 aliphatic rings. The summed E-state index contributed by atoms with van der Waals surface area (Å²) >= 11 is 0. The van der Waals surface area contributed by atoms with Crippen LogP contribution in [-0.4, -0.2) is 0 Å². The molecule has 2 N–H and O–H groups in total. The molecule has 0 aliphatic carbocycles. The highest BCUT2D eigenvalue weighted by Gasteiger charge is 2.08. The molecule has 0 atom stereocenters. The second kappa shape index (κ2) is 6.30. The van der Waals surface area contributed by atoms with Crippen LogP contribution < -0.4 is 5.73 Å². The van der Waals surface area contributed by atoms with Crippen molar-refractivity contribution in [3.63, 3.8) is 0 Å². The molecule has 1 nitrogen and oxygen atoms in total. The average molecular weight is 345 g/mol. The molecule has 0 bridgehead atoms. The molecule has 0 spiro atoms. The van der Waals surface area contributed by atoms with Gasteiger partial charge in [0.05, 0.1) is 0 Å². The molecule has 0 heterocycles. The van der Waals surface area contributed by atoms with Crippen LogP contribution in [0, 0.1) is 0 Å². The lowest BCUT2D eigenvalue weighted by Crippen LogP contribution is -1.92. The highest BCUT2D eigenvalue weighted by Crippen LogP contribution is 2.34. The summed E-state index contributed by atoms with van der Waals surface area (Å²) in [6.45, 7) is 0. The summed E-state index contributed by atoms with van der Waals surface area (Å²) in [7, 11) is 0. The first-order valence-electron chi connectivity index (χ1n) is 9.17. The van der Waals surface area contributed by atoms with E-state index in [1.54, 1.807) is 0 Å². The second-order valence-electron chi connectivity index (χ2n) is 6.85. The molecule has 0 saturated heterocycles. The van der Waals surface area contributed by atoms with E-state index in [4.69, 9.17) is 5.73 Å². The third-order valence-corrected chi connectivity index (χ3v) is 5.27. The molecular formula is C26H19N. The summed E-state index contributed by atoms with van der Waals surface area (Å²) in [5, 5.41) is 4.81. The molecule has 5 aromatic rings. The largest absolute Gasteiger partial charge is 0.398 e. The summed E-state index contributed by atoms with van der Waals surface area (Å²) in [5.41, 5.74) is 12.0. The molecule has 0 aromatic heterocycles. The average Bonchev–Trinajstić information content (AvgIpc) is 2.74. The van der Waals surface area contributed by atoms with Crippen LogP contribution in [0.3, 0.4) is 0 Å². The van der Waals surface area contributed by atoms with Crippen LogP contribution in [0.15, 0.2) is 103 Å².